The van der Waals surface area contributed by atoms with Crippen LogP contribution in [0.25, 0.3) is 22.5 Å². The van der Waals surface area contributed by atoms with Crippen LogP contribution in [0.5, 0.6) is 0 Å². The molecule has 29 heavy (non-hydrogen) atoms. The van der Waals surface area contributed by atoms with Crippen molar-refractivity contribution in [2.24, 2.45) is 0 Å². The lowest BCUT2D eigenvalue weighted by atomic mass is 10.0. The molecule has 0 radical (unpaired) electrons. The molecule has 6 nitrogen and oxygen atoms in total. The van der Waals surface area contributed by atoms with Crippen LogP contribution in [-0.2, 0) is 11.2 Å². The molecule has 1 unspecified atom stereocenters. The first-order valence-electron chi connectivity index (χ1n) is 9.74. The van der Waals surface area contributed by atoms with E-state index in [0.29, 0.717) is 5.95 Å². The molecule has 0 spiro atoms. The summed E-state index contributed by atoms with van der Waals surface area (Å²) in [6.07, 6.45) is 4.00. The molecule has 1 saturated heterocycles. The van der Waals surface area contributed by atoms with E-state index >= 15 is 0 Å². The number of rotatable bonds is 5. The summed E-state index contributed by atoms with van der Waals surface area (Å²) < 4.78 is 11.8. The van der Waals surface area contributed by atoms with Crippen molar-refractivity contribution in [1.82, 2.24) is 15.2 Å². The van der Waals surface area contributed by atoms with E-state index in [0.717, 1.165) is 59.0 Å². The fraction of sp³-hybridized carbons (Fsp3) is 0.318. The van der Waals surface area contributed by atoms with Crippen LogP contribution in [0.15, 0.2) is 53.4 Å². The second kappa shape index (κ2) is 8.39. The Bertz CT molecular complexity index is 967. The molecule has 1 aromatic heterocycles. The third-order valence-corrected chi connectivity index (χ3v) is 6.12. The predicted octanol–water partition coefficient (Wildman–Crippen LogP) is 3.61. The molecule has 0 bridgehead atoms. The summed E-state index contributed by atoms with van der Waals surface area (Å²) >= 11 is -1.01. The van der Waals surface area contributed by atoms with E-state index in [1.165, 1.54) is 0 Å². The molecule has 1 aliphatic heterocycles. The highest BCUT2D eigenvalue weighted by Gasteiger charge is 2.20. The number of hydrogen-bond donors (Lipinski definition) is 0. The van der Waals surface area contributed by atoms with E-state index in [1.807, 2.05) is 38.4 Å². The Morgan fingerprint density at radius 2 is 1.45 bits per heavy atom. The molecule has 1 atom stereocenters. The summed E-state index contributed by atoms with van der Waals surface area (Å²) in [5.74, 6) is 0.675. The van der Waals surface area contributed by atoms with Gasteiger partial charge in [-0.25, -0.2) is 4.98 Å². The fourth-order valence-electron chi connectivity index (χ4n) is 3.49. The molecule has 0 aliphatic carbocycles. The highest BCUT2D eigenvalue weighted by Crippen LogP contribution is 2.31. The number of aromatic nitrogens is 3. The lowest BCUT2D eigenvalue weighted by Crippen LogP contribution is -2.21. The number of nitrogens with zero attached hydrogens (tertiary/aromatic N) is 5. The Morgan fingerprint density at radius 3 is 2.03 bits per heavy atom. The predicted molar refractivity (Wildman–Crippen MR) is 119 cm³/mol. The number of benzene rings is 2. The molecule has 1 aliphatic rings. The molecule has 150 valence electrons. The van der Waals surface area contributed by atoms with Gasteiger partial charge < -0.3 is 14.4 Å². The summed E-state index contributed by atoms with van der Waals surface area (Å²) in [5.41, 5.74) is 4.60. The highest BCUT2D eigenvalue weighted by molar-refractivity contribution is 7.90. The topological polar surface area (TPSA) is 68.2 Å². The average molecular weight is 408 g/mol. The molecule has 0 saturated carbocycles. The summed E-state index contributed by atoms with van der Waals surface area (Å²) in [4.78, 5) is 9.95. The molecule has 7 heteroatoms. The van der Waals surface area contributed by atoms with Gasteiger partial charge in [-0.3, -0.25) is 0 Å². The first-order valence-corrected chi connectivity index (χ1v) is 11.3. The van der Waals surface area contributed by atoms with E-state index < -0.39 is 11.2 Å². The van der Waals surface area contributed by atoms with Gasteiger partial charge in [0.15, 0.2) is 4.90 Å². The van der Waals surface area contributed by atoms with Crippen molar-refractivity contribution in [3.05, 3.63) is 48.5 Å². The maximum Gasteiger partial charge on any atom is 0.245 e. The third-order valence-electron chi connectivity index (χ3n) is 5.18. The second-order valence-electron chi connectivity index (χ2n) is 7.42. The van der Waals surface area contributed by atoms with E-state index in [-0.39, 0.29) is 0 Å². The van der Waals surface area contributed by atoms with Gasteiger partial charge in [0.1, 0.15) is 17.6 Å². The standard InChI is InChI=1S/C22H25N5OS/c1-26(2)18-10-6-17(7-11-18)21-20(16-8-12-19(13-9-16)29(3)28)23-22(25-24-21)27-14-4-5-15-27/h6-13H,4-5,14-15H2,1-3H3. The molecule has 3 aromatic rings. The Kier molecular flexibility index (Phi) is 5.69. The summed E-state index contributed by atoms with van der Waals surface area (Å²) in [7, 11) is 4.04. The lowest BCUT2D eigenvalue weighted by molar-refractivity contribution is 0.601. The summed E-state index contributed by atoms with van der Waals surface area (Å²) in [6, 6.07) is 15.9. The Morgan fingerprint density at radius 1 is 0.862 bits per heavy atom. The largest absolute Gasteiger partial charge is 0.612 e. The van der Waals surface area contributed by atoms with Crippen LogP contribution in [0.4, 0.5) is 11.6 Å². The maximum atomic E-state index is 11.8. The number of hydrogen-bond acceptors (Lipinski definition) is 6. The first-order chi connectivity index (χ1) is 14.0. The van der Waals surface area contributed by atoms with Crippen LogP contribution in [0, 0.1) is 0 Å². The van der Waals surface area contributed by atoms with Gasteiger partial charge in [0.25, 0.3) is 0 Å². The molecular weight excluding hydrogens is 382 g/mol. The van der Waals surface area contributed by atoms with Crippen molar-refractivity contribution >= 4 is 22.8 Å². The van der Waals surface area contributed by atoms with E-state index in [2.05, 4.69) is 44.3 Å². The molecule has 2 aromatic carbocycles. The molecular formula is C22H25N5OS. The van der Waals surface area contributed by atoms with Crippen molar-refractivity contribution in [3.8, 4) is 22.5 Å². The fourth-order valence-corrected chi connectivity index (χ4v) is 4.01. The molecule has 0 N–H and O–H groups in total. The average Bonchev–Trinajstić information content (AvgIpc) is 3.28. The van der Waals surface area contributed by atoms with E-state index in [4.69, 9.17) is 4.98 Å². The number of anilines is 2. The third kappa shape index (κ3) is 4.21. The van der Waals surface area contributed by atoms with Crippen LogP contribution in [0.3, 0.4) is 0 Å². The van der Waals surface area contributed by atoms with Gasteiger partial charge in [-0.1, -0.05) is 12.1 Å². The molecule has 2 heterocycles. The van der Waals surface area contributed by atoms with Crippen molar-refractivity contribution in [3.63, 3.8) is 0 Å². The van der Waals surface area contributed by atoms with Gasteiger partial charge in [-0.05, 0) is 60.4 Å². The van der Waals surface area contributed by atoms with E-state index in [1.54, 1.807) is 6.26 Å². The zero-order valence-electron chi connectivity index (χ0n) is 17.0. The normalized spacial score (nSPS) is 14.8. The Balaban J connectivity index is 1.79. The maximum absolute atomic E-state index is 11.8. The van der Waals surface area contributed by atoms with Crippen molar-refractivity contribution in [2.75, 3.05) is 43.2 Å². The van der Waals surface area contributed by atoms with Crippen LogP contribution >= 0.6 is 0 Å². The summed E-state index contributed by atoms with van der Waals surface area (Å²) in [6.45, 7) is 1.93. The van der Waals surface area contributed by atoms with Gasteiger partial charge >= 0.3 is 0 Å². The lowest BCUT2D eigenvalue weighted by Gasteiger charge is -2.17. The smallest absolute Gasteiger partial charge is 0.245 e. The Labute approximate surface area is 174 Å². The second-order valence-corrected chi connectivity index (χ2v) is 8.80. The van der Waals surface area contributed by atoms with Gasteiger partial charge in [-0.15, -0.1) is 10.2 Å². The molecule has 1 fully saturated rings. The Hall–Kier alpha value is -2.64. The van der Waals surface area contributed by atoms with E-state index in [9.17, 15) is 4.55 Å². The minimum atomic E-state index is -1.01. The van der Waals surface area contributed by atoms with Crippen molar-refractivity contribution in [2.45, 2.75) is 17.7 Å². The minimum Gasteiger partial charge on any atom is -0.612 e. The zero-order valence-corrected chi connectivity index (χ0v) is 17.8. The zero-order chi connectivity index (χ0) is 20.4. The van der Waals surface area contributed by atoms with Gasteiger partial charge in [-0.2, -0.15) is 0 Å². The van der Waals surface area contributed by atoms with Gasteiger partial charge in [0, 0.05) is 44.0 Å². The molecule has 0 amide bonds. The summed E-state index contributed by atoms with van der Waals surface area (Å²) in [5, 5.41) is 9.01. The SMILES string of the molecule is CN(C)c1ccc(-c2nnc(N3CCCC3)nc2-c2ccc([S+](C)[O-])cc2)cc1. The monoisotopic (exact) mass is 407 g/mol. The van der Waals surface area contributed by atoms with Gasteiger partial charge in [0.2, 0.25) is 5.95 Å². The van der Waals surface area contributed by atoms with Crippen molar-refractivity contribution < 1.29 is 4.55 Å². The molecule has 4 rings (SSSR count). The van der Waals surface area contributed by atoms with Crippen molar-refractivity contribution in [1.29, 1.82) is 0 Å². The minimum absolute atomic E-state index is 0.675. The quantitative estimate of drug-likeness (QED) is 0.602. The van der Waals surface area contributed by atoms with Gasteiger partial charge in [0.05, 0.1) is 0 Å². The van der Waals surface area contributed by atoms with Crippen LogP contribution in [-0.4, -0.2) is 53.2 Å². The first kappa shape index (κ1) is 19.7. The highest BCUT2D eigenvalue weighted by atomic mass is 32.2. The van der Waals surface area contributed by atoms with Crippen LogP contribution < -0.4 is 9.80 Å². The van der Waals surface area contributed by atoms with Crippen LogP contribution in [0.1, 0.15) is 12.8 Å². The van der Waals surface area contributed by atoms with Crippen LogP contribution in [0.2, 0.25) is 0 Å².